The molecule has 2 atom stereocenters. The van der Waals surface area contributed by atoms with Crippen LogP contribution >= 0.6 is 11.3 Å². The maximum Gasteiger partial charge on any atom is 0.337 e. The summed E-state index contributed by atoms with van der Waals surface area (Å²) < 4.78 is 18.4. The van der Waals surface area contributed by atoms with Crippen molar-refractivity contribution in [3.63, 3.8) is 0 Å². The summed E-state index contributed by atoms with van der Waals surface area (Å²) in [6, 6.07) is 17.0. The third kappa shape index (κ3) is 5.05. The average Bonchev–Trinajstić information content (AvgIpc) is 3.50. The predicted molar refractivity (Wildman–Crippen MR) is 142 cm³/mol. The number of methoxy groups -OCH3 is 2. The second kappa shape index (κ2) is 10.5. The lowest BCUT2D eigenvalue weighted by Crippen LogP contribution is -2.30. The number of benzene rings is 3. The molecule has 0 unspecified atom stereocenters. The Bertz CT molecular complexity index is 1400. The summed E-state index contributed by atoms with van der Waals surface area (Å²) in [6.45, 7) is 1.90. The van der Waals surface area contributed by atoms with Crippen molar-refractivity contribution in [3.05, 3.63) is 87.4 Å². The maximum atomic E-state index is 11.7. The van der Waals surface area contributed by atoms with E-state index < -0.39 is 18.2 Å². The van der Waals surface area contributed by atoms with Gasteiger partial charge in [-0.15, -0.1) is 11.3 Å². The largest absolute Gasteiger partial charge is 0.496 e. The Kier molecular flexibility index (Phi) is 7.15. The number of aromatic nitrogens is 1. The van der Waals surface area contributed by atoms with Crippen molar-refractivity contribution in [2.75, 3.05) is 14.2 Å². The van der Waals surface area contributed by atoms with E-state index in [0.29, 0.717) is 34.0 Å². The number of thiazole rings is 1. The number of hydrogen-bond acceptors (Lipinski definition) is 7. The van der Waals surface area contributed by atoms with Crippen molar-refractivity contribution in [3.8, 4) is 11.5 Å². The maximum absolute atomic E-state index is 11.7. The molecule has 0 saturated heterocycles. The number of para-hydroxylation sites is 1. The van der Waals surface area contributed by atoms with Crippen LogP contribution in [0.2, 0.25) is 0 Å². The molecule has 7 nitrogen and oxygen atoms in total. The van der Waals surface area contributed by atoms with Gasteiger partial charge in [0.15, 0.2) is 0 Å². The van der Waals surface area contributed by atoms with Crippen molar-refractivity contribution in [1.82, 2.24) is 4.98 Å². The monoisotopic (exact) mass is 519 g/mol. The van der Waals surface area contributed by atoms with E-state index in [1.54, 1.807) is 26.4 Å². The summed E-state index contributed by atoms with van der Waals surface area (Å²) in [5, 5.41) is 21.9. The molecule has 3 aromatic carbocycles. The van der Waals surface area contributed by atoms with E-state index in [1.807, 2.05) is 37.3 Å². The first-order valence-corrected chi connectivity index (χ1v) is 12.9. The number of aliphatic hydroxyl groups excluding tert-OH is 1. The number of carbonyl (C=O) groups is 1. The topological polar surface area (TPSA) is 98.1 Å². The predicted octanol–water partition coefficient (Wildman–Crippen LogP) is 5.15. The minimum atomic E-state index is -1.02. The summed E-state index contributed by atoms with van der Waals surface area (Å²) in [7, 11) is 3.17. The standard InChI is InChI=1S/C29H29NO6S/c1-16-22(34-2)13-19(14-23(16)35-3)28(31)24(36-20-11-17-7-4-5-8-18(17)12-20)15-26-30-27-21(29(32)33)9-6-10-25(27)37-26/h4-10,13-14,20,24,28,31H,11-12,15H2,1-3H3,(H,32,33)/t24-,28+/m0/s1. The Morgan fingerprint density at radius 2 is 1.70 bits per heavy atom. The molecular weight excluding hydrogens is 490 g/mol. The summed E-state index contributed by atoms with van der Waals surface area (Å²) in [5.74, 6) is 0.218. The zero-order valence-corrected chi connectivity index (χ0v) is 21.7. The van der Waals surface area contributed by atoms with Crippen molar-refractivity contribution in [1.29, 1.82) is 0 Å². The summed E-state index contributed by atoms with van der Waals surface area (Å²) in [6.07, 6.45) is 0.162. The van der Waals surface area contributed by atoms with Crippen molar-refractivity contribution < 1.29 is 29.2 Å². The van der Waals surface area contributed by atoms with Gasteiger partial charge in [0, 0.05) is 12.0 Å². The van der Waals surface area contributed by atoms with Crippen molar-refractivity contribution >= 4 is 27.5 Å². The van der Waals surface area contributed by atoms with Crippen LogP contribution in [0.15, 0.2) is 54.6 Å². The van der Waals surface area contributed by atoms with Crippen LogP contribution in [0.3, 0.4) is 0 Å². The molecule has 1 aromatic heterocycles. The number of aliphatic hydroxyl groups is 1. The lowest BCUT2D eigenvalue weighted by atomic mass is 9.99. The van der Waals surface area contributed by atoms with Gasteiger partial charge in [-0.2, -0.15) is 0 Å². The highest BCUT2D eigenvalue weighted by atomic mass is 32.1. The molecule has 192 valence electrons. The fraction of sp³-hybridized carbons (Fsp3) is 0.310. The minimum Gasteiger partial charge on any atom is -0.496 e. The van der Waals surface area contributed by atoms with Crippen LogP contribution in [0.4, 0.5) is 0 Å². The number of nitrogens with zero attached hydrogens (tertiary/aromatic N) is 1. The molecule has 0 amide bonds. The Morgan fingerprint density at radius 3 is 2.30 bits per heavy atom. The molecule has 4 aromatic rings. The van der Waals surface area contributed by atoms with Crippen LogP contribution in [-0.2, 0) is 24.0 Å². The highest BCUT2D eigenvalue weighted by Gasteiger charge is 2.31. The zero-order chi connectivity index (χ0) is 26.1. The van der Waals surface area contributed by atoms with E-state index >= 15 is 0 Å². The second-order valence-electron chi connectivity index (χ2n) is 9.24. The van der Waals surface area contributed by atoms with Crippen LogP contribution in [0.5, 0.6) is 11.5 Å². The summed E-state index contributed by atoms with van der Waals surface area (Å²) >= 11 is 1.42. The van der Waals surface area contributed by atoms with E-state index in [0.717, 1.165) is 23.1 Å². The lowest BCUT2D eigenvalue weighted by Gasteiger charge is -2.27. The van der Waals surface area contributed by atoms with Gasteiger partial charge in [0.05, 0.1) is 47.2 Å². The molecule has 2 N–H and O–H groups in total. The molecule has 1 aliphatic carbocycles. The van der Waals surface area contributed by atoms with E-state index in [9.17, 15) is 15.0 Å². The highest BCUT2D eigenvalue weighted by Crippen LogP contribution is 2.36. The molecule has 5 rings (SSSR count). The van der Waals surface area contributed by atoms with Gasteiger partial charge in [0.25, 0.3) is 0 Å². The fourth-order valence-corrected chi connectivity index (χ4v) is 6.05. The Labute approximate surface area is 219 Å². The van der Waals surface area contributed by atoms with Crippen LogP contribution < -0.4 is 9.47 Å². The Hall–Kier alpha value is -3.46. The molecule has 0 aliphatic heterocycles. The first-order chi connectivity index (χ1) is 17.9. The van der Waals surface area contributed by atoms with E-state index in [1.165, 1.54) is 22.5 Å². The molecule has 0 bridgehead atoms. The number of carboxylic acid groups (broad SMARTS) is 1. The van der Waals surface area contributed by atoms with Gasteiger partial charge in [-0.05, 0) is 60.7 Å². The van der Waals surface area contributed by atoms with Crippen molar-refractivity contribution in [2.24, 2.45) is 0 Å². The van der Waals surface area contributed by atoms with Crippen LogP contribution in [0, 0.1) is 6.92 Å². The molecule has 8 heteroatoms. The number of fused-ring (bicyclic) bond motifs is 2. The quantitative estimate of drug-likeness (QED) is 0.316. The number of aromatic carboxylic acids is 1. The van der Waals surface area contributed by atoms with Gasteiger partial charge in [-0.25, -0.2) is 9.78 Å². The van der Waals surface area contributed by atoms with Gasteiger partial charge < -0.3 is 24.4 Å². The molecule has 0 saturated carbocycles. The SMILES string of the molecule is COc1cc([C@@H](O)[C@H](Cc2nc3c(C(=O)O)cccc3s2)OC2Cc3ccccc3C2)cc(OC)c1C. The van der Waals surface area contributed by atoms with Gasteiger partial charge in [0.1, 0.15) is 17.6 Å². The number of hydrogen-bond donors (Lipinski definition) is 2. The average molecular weight is 520 g/mol. The van der Waals surface area contributed by atoms with Gasteiger partial charge in [0.2, 0.25) is 0 Å². The normalized spacial score (nSPS) is 14.9. The highest BCUT2D eigenvalue weighted by molar-refractivity contribution is 7.18. The zero-order valence-electron chi connectivity index (χ0n) is 20.9. The molecule has 37 heavy (non-hydrogen) atoms. The molecule has 0 radical (unpaired) electrons. The Morgan fingerprint density at radius 1 is 1.05 bits per heavy atom. The molecule has 1 heterocycles. The minimum absolute atomic E-state index is 0.0877. The van der Waals surface area contributed by atoms with E-state index in [2.05, 4.69) is 17.1 Å². The third-order valence-electron chi connectivity index (χ3n) is 6.92. The molecule has 0 fully saturated rings. The summed E-state index contributed by atoms with van der Waals surface area (Å²) in [4.78, 5) is 16.3. The van der Waals surface area contributed by atoms with Gasteiger partial charge >= 0.3 is 5.97 Å². The third-order valence-corrected chi connectivity index (χ3v) is 7.96. The first kappa shape index (κ1) is 25.2. The summed E-state index contributed by atoms with van der Waals surface area (Å²) in [5.41, 5.74) is 4.59. The molecule has 0 spiro atoms. The number of rotatable bonds is 9. The van der Waals surface area contributed by atoms with Crippen molar-refractivity contribution in [2.45, 2.75) is 44.5 Å². The van der Waals surface area contributed by atoms with E-state index in [-0.39, 0.29) is 11.7 Å². The Balaban J connectivity index is 1.49. The fourth-order valence-electron chi connectivity index (χ4n) is 5.01. The van der Waals surface area contributed by atoms with Crippen LogP contribution in [0.1, 0.15) is 43.7 Å². The van der Waals surface area contributed by atoms with Crippen LogP contribution in [0.25, 0.3) is 10.2 Å². The van der Waals surface area contributed by atoms with Gasteiger partial charge in [-0.3, -0.25) is 0 Å². The smallest absolute Gasteiger partial charge is 0.337 e. The number of ether oxygens (including phenoxy) is 3. The van der Waals surface area contributed by atoms with E-state index in [4.69, 9.17) is 14.2 Å². The first-order valence-electron chi connectivity index (χ1n) is 12.1. The molecule has 1 aliphatic rings. The second-order valence-corrected chi connectivity index (χ2v) is 10.4. The van der Waals surface area contributed by atoms with Crippen LogP contribution in [-0.4, -0.2) is 47.6 Å². The lowest BCUT2D eigenvalue weighted by molar-refractivity contribution is -0.0743. The van der Waals surface area contributed by atoms with Gasteiger partial charge in [-0.1, -0.05) is 30.3 Å². The number of carboxylic acids is 1. The molecular formula is C29H29NO6S.